The number of hydrogen-bond acceptors (Lipinski definition) is 6. The first-order chi connectivity index (χ1) is 17.7. The molecule has 1 aliphatic heterocycles. The first-order valence-corrected chi connectivity index (χ1v) is 12.4. The van der Waals surface area contributed by atoms with E-state index in [0.717, 1.165) is 9.37 Å². The Kier molecular flexibility index (Phi) is 7.75. The average molecular weight is 583 g/mol. The molecule has 4 rings (SSSR count). The van der Waals surface area contributed by atoms with E-state index in [2.05, 4.69) is 26.6 Å². The summed E-state index contributed by atoms with van der Waals surface area (Å²) in [4.78, 5) is 52.0. The predicted octanol–water partition coefficient (Wildman–Crippen LogP) is 5.70. The number of carbonyl (C=O) groups is 4. The lowest BCUT2D eigenvalue weighted by molar-refractivity contribution is -0.120. The number of nitrogens with one attached hydrogen (secondary N) is 2. The minimum atomic E-state index is -0.744. The Morgan fingerprint density at radius 3 is 2.35 bits per heavy atom. The van der Waals surface area contributed by atoms with Crippen molar-refractivity contribution in [3.05, 3.63) is 99.1 Å². The van der Waals surface area contributed by atoms with E-state index in [1.165, 1.54) is 24.3 Å². The van der Waals surface area contributed by atoms with Crippen LogP contribution >= 0.6 is 27.5 Å². The predicted molar refractivity (Wildman–Crippen MR) is 145 cm³/mol. The van der Waals surface area contributed by atoms with Gasteiger partial charge in [0.1, 0.15) is 10.7 Å². The second-order valence-corrected chi connectivity index (χ2v) is 9.51. The SMILES string of the molecule is CC(C)OC(=O)c1cccc(N2C(=O)C(Cl)=C(Nc3cccc(C(=O)Nc4ccccc4Br)c3)C2=O)c1. The number of rotatable bonds is 7. The fraction of sp³-hybridized carbons (Fsp3) is 0.111. The van der Waals surface area contributed by atoms with Gasteiger partial charge in [0.2, 0.25) is 0 Å². The number of halogens is 2. The maximum Gasteiger partial charge on any atom is 0.338 e. The molecule has 188 valence electrons. The monoisotopic (exact) mass is 581 g/mol. The van der Waals surface area contributed by atoms with Crippen molar-refractivity contribution < 1.29 is 23.9 Å². The van der Waals surface area contributed by atoms with E-state index in [1.54, 1.807) is 56.3 Å². The van der Waals surface area contributed by atoms with E-state index in [-0.39, 0.29) is 34.0 Å². The lowest BCUT2D eigenvalue weighted by Gasteiger charge is -2.16. The molecule has 0 atom stereocenters. The van der Waals surface area contributed by atoms with Crippen LogP contribution in [0, 0.1) is 0 Å². The fourth-order valence-corrected chi connectivity index (χ4v) is 4.14. The number of nitrogens with zero attached hydrogens (tertiary/aromatic N) is 1. The molecule has 3 amide bonds. The van der Waals surface area contributed by atoms with Gasteiger partial charge in [-0.1, -0.05) is 35.9 Å². The van der Waals surface area contributed by atoms with Gasteiger partial charge in [0.25, 0.3) is 17.7 Å². The quantitative estimate of drug-likeness (QED) is 0.273. The van der Waals surface area contributed by atoms with Crippen molar-refractivity contribution in [2.24, 2.45) is 0 Å². The van der Waals surface area contributed by atoms with Gasteiger partial charge in [-0.2, -0.15) is 0 Å². The molecule has 0 spiro atoms. The van der Waals surface area contributed by atoms with Gasteiger partial charge in [-0.25, -0.2) is 9.69 Å². The van der Waals surface area contributed by atoms with Crippen molar-refractivity contribution in [2.75, 3.05) is 15.5 Å². The zero-order chi connectivity index (χ0) is 26.7. The normalized spacial score (nSPS) is 13.3. The molecule has 3 aromatic rings. The van der Waals surface area contributed by atoms with Crippen LogP contribution in [0.2, 0.25) is 0 Å². The maximum absolute atomic E-state index is 13.2. The zero-order valence-corrected chi connectivity index (χ0v) is 22.1. The molecule has 2 N–H and O–H groups in total. The van der Waals surface area contributed by atoms with Crippen LogP contribution in [0.3, 0.4) is 0 Å². The molecule has 1 aliphatic rings. The first kappa shape index (κ1) is 26.1. The van der Waals surface area contributed by atoms with Crippen LogP contribution in [0.5, 0.6) is 0 Å². The van der Waals surface area contributed by atoms with Gasteiger partial charge in [-0.05, 0) is 78.3 Å². The topological polar surface area (TPSA) is 105 Å². The van der Waals surface area contributed by atoms with Gasteiger partial charge in [-0.3, -0.25) is 14.4 Å². The van der Waals surface area contributed by atoms with E-state index in [0.29, 0.717) is 16.9 Å². The van der Waals surface area contributed by atoms with Crippen LogP contribution in [0.4, 0.5) is 17.1 Å². The van der Waals surface area contributed by atoms with Gasteiger partial charge >= 0.3 is 5.97 Å². The van der Waals surface area contributed by atoms with Crippen LogP contribution in [-0.2, 0) is 14.3 Å². The molecule has 0 saturated heterocycles. The third-order valence-electron chi connectivity index (χ3n) is 5.23. The molecule has 0 radical (unpaired) electrons. The van der Waals surface area contributed by atoms with E-state index in [9.17, 15) is 19.2 Å². The molecule has 8 nitrogen and oxygen atoms in total. The minimum absolute atomic E-state index is 0.148. The Balaban J connectivity index is 1.54. The summed E-state index contributed by atoms with van der Waals surface area (Å²) in [6, 6.07) is 19.6. The van der Waals surface area contributed by atoms with Gasteiger partial charge in [0, 0.05) is 15.7 Å². The third kappa shape index (κ3) is 5.73. The highest BCUT2D eigenvalue weighted by atomic mass is 79.9. The van der Waals surface area contributed by atoms with Crippen molar-refractivity contribution in [3.63, 3.8) is 0 Å². The van der Waals surface area contributed by atoms with E-state index in [1.807, 2.05) is 6.07 Å². The summed E-state index contributed by atoms with van der Waals surface area (Å²) in [5.74, 6) is -2.39. The molecule has 10 heteroatoms. The molecule has 0 fully saturated rings. The maximum atomic E-state index is 13.2. The fourth-order valence-electron chi connectivity index (χ4n) is 3.54. The highest BCUT2D eigenvalue weighted by Crippen LogP contribution is 2.31. The van der Waals surface area contributed by atoms with E-state index < -0.39 is 17.8 Å². The Bertz CT molecular complexity index is 1450. The van der Waals surface area contributed by atoms with Gasteiger partial charge in [0.15, 0.2) is 0 Å². The smallest absolute Gasteiger partial charge is 0.338 e. The van der Waals surface area contributed by atoms with Crippen LogP contribution in [0.25, 0.3) is 0 Å². The molecule has 0 bridgehead atoms. The molecular formula is C27H21BrClN3O5. The van der Waals surface area contributed by atoms with Gasteiger partial charge < -0.3 is 15.4 Å². The van der Waals surface area contributed by atoms with Crippen LogP contribution < -0.4 is 15.5 Å². The minimum Gasteiger partial charge on any atom is -0.459 e. The van der Waals surface area contributed by atoms with Gasteiger partial charge in [-0.15, -0.1) is 0 Å². The highest BCUT2D eigenvalue weighted by molar-refractivity contribution is 9.10. The van der Waals surface area contributed by atoms with Crippen molar-refractivity contribution in [2.45, 2.75) is 20.0 Å². The Morgan fingerprint density at radius 2 is 1.62 bits per heavy atom. The summed E-state index contributed by atoms with van der Waals surface area (Å²) in [5.41, 5.74) is 1.51. The summed E-state index contributed by atoms with van der Waals surface area (Å²) < 4.78 is 5.92. The molecule has 3 aromatic carbocycles. The van der Waals surface area contributed by atoms with Crippen molar-refractivity contribution >= 4 is 68.3 Å². The summed E-state index contributed by atoms with van der Waals surface area (Å²) in [7, 11) is 0. The summed E-state index contributed by atoms with van der Waals surface area (Å²) >= 11 is 9.63. The number of amides is 3. The number of imide groups is 1. The molecule has 0 unspecified atom stereocenters. The number of esters is 1. The Hall–Kier alpha value is -3.95. The highest BCUT2D eigenvalue weighted by Gasteiger charge is 2.39. The number of carbonyl (C=O) groups excluding carboxylic acids is 4. The van der Waals surface area contributed by atoms with Crippen molar-refractivity contribution in [3.8, 4) is 0 Å². The molecule has 0 aromatic heterocycles. The van der Waals surface area contributed by atoms with Gasteiger partial charge in [0.05, 0.1) is 23.0 Å². The second-order valence-electron chi connectivity index (χ2n) is 8.28. The average Bonchev–Trinajstić information content (AvgIpc) is 3.08. The summed E-state index contributed by atoms with van der Waals surface area (Å²) in [5, 5.41) is 5.35. The van der Waals surface area contributed by atoms with Crippen molar-refractivity contribution in [1.82, 2.24) is 0 Å². The summed E-state index contributed by atoms with van der Waals surface area (Å²) in [6.07, 6.45) is -0.329. The standard InChI is InChI=1S/C27H21BrClN3O5/c1-15(2)37-27(36)17-8-6-10-19(14-17)32-25(34)22(29)23(26(32)35)30-18-9-5-7-16(13-18)24(33)31-21-12-4-3-11-20(21)28/h3-15,30H,1-2H3,(H,31,33). The van der Waals surface area contributed by atoms with Crippen LogP contribution in [0.15, 0.2) is 88.0 Å². The first-order valence-electron chi connectivity index (χ1n) is 11.2. The lowest BCUT2D eigenvalue weighted by atomic mass is 10.1. The Labute approximate surface area is 226 Å². The molecule has 37 heavy (non-hydrogen) atoms. The lowest BCUT2D eigenvalue weighted by Crippen LogP contribution is -2.32. The Morgan fingerprint density at radius 1 is 0.919 bits per heavy atom. The van der Waals surface area contributed by atoms with E-state index in [4.69, 9.17) is 16.3 Å². The van der Waals surface area contributed by atoms with E-state index >= 15 is 0 Å². The van der Waals surface area contributed by atoms with Crippen LogP contribution in [-0.4, -0.2) is 29.8 Å². The molecule has 0 saturated carbocycles. The molecular weight excluding hydrogens is 562 g/mol. The number of benzene rings is 3. The van der Waals surface area contributed by atoms with Crippen molar-refractivity contribution in [1.29, 1.82) is 0 Å². The molecule has 1 heterocycles. The number of hydrogen-bond donors (Lipinski definition) is 2. The molecule has 0 aliphatic carbocycles. The number of para-hydroxylation sites is 1. The third-order valence-corrected chi connectivity index (χ3v) is 6.27. The second kappa shape index (κ2) is 11.0. The van der Waals surface area contributed by atoms with Crippen LogP contribution in [0.1, 0.15) is 34.6 Å². The number of anilines is 3. The zero-order valence-electron chi connectivity index (χ0n) is 19.7. The summed E-state index contributed by atoms with van der Waals surface area (Å²) in [6.45, 7) is 3.44. The number of ether oxygens (including phenoxy) is 1. The largest absolute Gasteiger partial charge is 0.459 e.